The van der Waals surface area contributed by atoms with E-state index in [-0.39, 0.29) is 20.5 Å². The van der Waals surface area contributed by atoms with Crippen LogP contribution in [0, 0.1) is 0 Å². The molecule has 1 aliphatic rings. The Balaban J connectivity index is 0.00000121. The Bertz CT molecular complexity index is 172. The van der Waals surface area contributed by atoms with Gasteiger partial charge in [0.2, 0.25) is 0 Å². The molecule has 0 aliphatic carbocycles. The smallest absolute Gasteiger partial charge is 0.159 e. The van der Waals surface area contributed by atoms with Crippen molar-refractivity contribution in [3.8, 4) is 0 Å². The molecule has 72 valence electrons. The molecule has 1 rings (SSSR count). The monoisotopic (exact) mass is 209 g/mol. The summed E-state index contributed by atoms with van der Waals surface area (Å²) in [6.45, 7) is 9.35. The maximum atomic E-state index is 2.35. The highest BCUT2D eigenvalue weighted by atomic mass is 35.5. The summed E-state index contributed by atoms with van der Waals surface area (Å²) >= 11 is 0. The lowest BCUT2D eigenvalue weighted by atomic mass is 10.6. The molecular weight excluding hydrogens is 191 g/mol. The van der Waals surface area contributed by atoms with E-state index in [2.05, 4.69) is 44.6 Å². The summed E-state index contributed by atoms with van der Waals surface area (Å²) in [5, 5.41) is 0. The number of nitrogens with zero attached hydrogens (tertiary/aromatic N) is 2. The van der Waals surface area contributed by atoms with Crippen LogP contribution in [0.25, 0.3) is 0 Å². The zero-order chi connectivity index (χ0) is 8.48. The molecule has 0 aromatic heterocycles. The van der Waals surface area contributed by atoms with Gasteiger partial charge in [0.15, 0.2) is 6.67 Å². The molecule has 0 amide bonds. The van der Waals surface area contributed by atoms with E-state index < -0.39 is 0 Å². The average Bonchev–Trinajstić information content (AvgIpc) is 2.33. The topological polar surface area (TPSA) is 3.24 Å². The fraction of sp³-hybridized carbons (Fsp3) is 0.750. The van der Waals surface area contributed by atoms with E-state index >= 15 is 0 Å². The van der Waals surface area contributed by atoms with Crippen LogP contribution >= 0.6 is 20.5 Å². The minimum absolute atomic E-state index is 0. The Hall–Kier alpha value is 0.220. The maximum absolute atomic E-state index is 2.35. The van der Waals surface area contributed by atoms with Crippen LogP contribution in [-0.4, -0.2) is 42.7 Å². The standard InChI is InChI=1S/C8H18N2P.ClH/c1-5-10(11(3)4)7-6-9(2)8-10;/h6-7H,5,8H2,1-4H3;1H/q+1;. The molecule has 0 fully saturated rings. The van der Waals surface area contributed by atoms with Crippen molar-refractivity contribution in [3.05, 3.63) is 12.4 Å². The molecule has 1 atom stereocenters. The van der Waals surface area contributed by atoms with Gasteiger partial charge in [-0.1, -0.05) is 0 Å². The highest BCUT2D eigenvalue weighted by Gasteiger charge is 2.32. The molecule has 0 saturated carbocycles. The minimum Gasteiger partial charge on any atom is -0.329 e. The third-order valence-corrected chi connectivity index (χ3v) is 4.55. The first-order valence-electron chi connectivity index (χ1n) is 4.05. The van der Waals surface area contributed by atoms with Crippen LogP contribution in [0.1, 0.15) is 6.92 Å². The van der Waals surface area contributed by atoms with Crippen LogP contribution in [0.5, 0.6) is 0 Å². The van der Waals surface area contributed by atoms with Crippen molar-refractivity contribution in [1.29, 1.82) is 0 Å². The second-order valence-corrected chi connectivity index (χ2v) is 5.84. The fourth-order valence-corrected chi connectivity index (χ4v) is 2.81. The van der Waals surface area contributed by atoms with E-state index in [0.717, 1.165) is 6.67 Å². The van der Waals surface area contributed by atoms with Gasteiger partial charge in [0, 0.05) is 20.4 Å². The van der Waals surface area contributed by atoms with Gasteiger partial charge in [-0.2, -0.15) is 0 Å². The predicted molar refractivity (Wildman–Crippen MR) is 58.6 cm³/mol. The van der Waals surface area contributed by atoms with E-state index in [4.69, 9.17) is 0 Å². The lowest BCUT2D eigenvalue weighted by molar-refractivity contribution is -0.752. The maximum Gasteiger partial charge on any atom is 0.159 e. The van der Waals surface area contributed by atoms with E-state index in [1.807, 2.05) is 0 Å². The van der Waals surface area contributed by atoms with Crippen molar-refractivity contribution >= 4 is 20.5 Å². The summed E-state index contributed by atoms with van der Waals surface area (Å²) < 4.78 is 1.17. The van der Waals surface area contributed by atoms with Gasteiger partial charge in [0.1, 0.15) is 14.3 Å². The lowest BCUT2D eigenvalue weighted by Gasteiger charge is -2.34. The van der Waals surface area contributed by atoms with Crippen molar-refractivity contribution in [3.63, 3.8) is 0 Å². The molecule has 0 radical (unpaired) electrons. The largest absolute Gasteiger partial charge is 0.329 e. The van der Waals surface area contributed by atoms with Crippen molar-refractivity contribution in [2.45, 2.75) is 6.92 Å². The van der Waals surface area contributed by atoms with Gasteiger partial charge in [-0.3, -0.25) is 4.25 Å². The molecule has 0 saturated heterocycles. The molecule has 2 nitrogen and oxygen atoms in total. The molecule has 0 spiro atoms. The highest BCUT2D eigenvalue weighted by Crippen LogP contribution is 2.43. The number of hydrogen-bond acceptors (Lipinski definition) is 1. The summed E-state index contributed by atoms with van der Waals surface area (Å²) in [6, 6.07) is 0. The molecule has 12 heavy (non-hydrogen) atoms. The quantitative estimate of drug-likeness (QED) is 0.631. The van der Waals surface area contributed by atoms with Crippen LogP contribution in [0.15, 0.2) is 12.4 Å². The zero-order valence-electron chi connectivity index (χ0n) is 8.32. The van der Waals surface area contributed by atoms with Gasteiger partial charge in [-0.25, -0.2) is 0 Å². The number of rotatable bonds is 2. The van der Waals surface area contributed by atoms with Crippen LogP contribution in [-0.2, 0) is 0 Å². The molecule has 0 bridgehead atoms. The Labute approximate surface area is 83.0 Å². The second kappa shape index (κ2) is 4.45. The van der Waals surface area contributed by atoms with Gasteiger partial charge in [0.25, 0.3) is 0 Å². The van der Waals surface area contributed by atoms with Crippen molar-refractivity contribution in [1.82, 2.24) is 4.90 Å². The Morgan fingerprint density at radius 2 is 2.08 bits per heavy atom. The summed E-state index contributed by atoms with van der Waals surface area (Å²) in [7, 11) is 2.24. The number of hydrogen-bond donors (Lipinski definition) is 0. The molecule has 1 unspecified atom stereocenters. The average molecular weight is 210 g/mol. The summed E-state index contributed by atoms with van der Waals surface area (Å²) in [5.41, 5.74) is 0. The first kappa shape index (κ1) is 12.2. The zero-order valence-corrected chi connectivity index (χ0v) is 10.0. The minimum atomic E-state index is 0. The second-order valence-electron chi connectivity index (χ2n) is 3.35. The molecule has 0 aromatic carbocycles. The molecule has 0 aromatic rings. The van der Waals surface area contributed by atoms with Crippen molar-refractivity contribution in [2.75, 3.05) is 33.6 Å². The van der Waals surface area contributed by atoms with Crippen LogP contribution in [0.3, 0.4) is 0 Å². The van der Waals surface area contributed by atoms with Gasteiger partial charge in [-0.05, 0) is 6.92 Å². The summed E-state index contributed by atoms with van der Waals surface area (Å²) in [6.07, 6.45) is 4.54. The number of quaternary nitrogens is 1. The summed E-state index contributed by atoms with van der Waals surface area (Å²) in [4.78, 5) is 2.27. The molecule has 1 heterocycles. The van der Waals surface area contributed by atoms with Crippen LogP contribution < -0.4 is 0 Å². The lowest BCUT2D eigenvalue weighted by Crippen LogP contribution is -2.38. The normalized spacial score (nSPS) is 27.9. The fourth-order valence-electron chi connectivity index (χ4n) is 1.47. The van der Waals surface area contributed by atoms with Gasteiger partial charge in [0.05, 0.1) is 12.7 Å². The van der Waals surface area contributed by atoms with Crippen LogP contribution in [0.2, 0.25) is 0 Å². The van der Waals surface area contributed by atoms with E-state index in [1.165, 1.54) is 10.8 Å². The molecule has 1 aliphatic heterocycles. The molecule has 4 heteroatoms. The summed E-state index contributed by atoms with van der Waals surface area (Å²) in [5.74, 6) is 0. The third kappa shape index (κ3) is 2.12. The Morgan fingerprint density at radius 3 is 2.25 bits per heavy atom. The Kier molecular flexibility index (Phi) is 4.54. The molecular formula is C8H19ClN2P+. The van der Waals surface area contributed by atoms with Crippen LogP contribution in [0.4, 0.5) is 0 Å². The molecule has 0 N–H and O–H groups in total. The Morgan fingerprint density at radius 1 is 1.50 bits per heavy atom. The van der Waals surface area contributed by atoms with Crippen molar-refractivity contribution < 1.29 is 4.25 Å². The number of halogens is 1. The van der Waals surface area contributed by atoms with E-state index in [9.17, 15) is 0 Å². The van der Waals surface area contributed by atoms with Crippen molar-refractivity contribution in [2.24, 2.45) is 0 Å². The first-order chi connectivity index (χ1) is 5.10. The first-order valence-corrected chi connectivity index (χ1v) is 6.24. The van der Waals surface area contributed by atoms with E-state index in [1.54, 1.807) is 0 Å². The highest BCUT2D eigenvalue weighted by molar-refractivity contribution is 7.50. The SMILES string of the molecule is CC[N+]1(P(C)C)C=CN(C)C1.Cl. The van der Waals surface area contributed by atoms with Gasteiger partial charge in [-0.15, -0.1) is 12.4 Å². The third-order valence-electron chi connectivity index (χ3n) is 2.41. The van der Waals surface area contributed by atoms with E-state index in [0.29, 0.717) is 0 Å². The predicted octanol–water partition coefficient (Wildman–Crippen LogP) is 2.28. The van der Waals surface area contributed by atoms with Gasteiger partial charge < -0.3 is 4.90 Å². The van der Waals surface area contributed by atoms with Gasteiger partial charge >= 0.3 is 0 Å².